The van der Waals surface area contributed by atoms with Gasteiger partial charge >= 0.3 is 0 Å². The molecule has 1 N–H and O–H groups in total. The number of carbonyl (C=O) groups excluding carboxylic acids is 1. The van der Waals surface area contributed by atoms with E-state index in [0.29, 0.717) is 16.6 Å². The molecule has 1 saturated heterocycles. The maximum Gasteiger partial charge on any atom is 0.271 e. The summed E-state index contributed by atoms with van der Waals surface area (Å²) >= 11 is 6.23. The SMILES string of the molecule is CCC1CN(c2ncncc2Cl)CCC1NC(=O)c1cn(C(C)C)cn1. The Balaban J connectivity index is 1.66. The summed E-state index contributed by atoms with van der Waals surface area (Å²) in [6.07, 6.45) is 8.44. The highest BCUT2D eigenvalue weighted by Gasteiger charge is 2.31. The Morgan fingerprint density at radius 3 is 2.88 bits per heavy atom. The third kappa shape index (κ3) is 3.98. The molecular formula is C18H25ClN6O. The largest absolute Gasteiger partial charge is 0.355 e. The first-order valence-electron chi connectivity index (χ1n) is 9.04. The molecule has 8 heteroatoms. The van der Waals surface area contributed by atoms with Gasteiger partial charge in [-0.3, -0.25) is 4.79 Å². The van der Waals surface area contributed by atoms with Crippen molar-refractivity contribution >= 4 is 23.3 Å². The van der Waals surface area contributed by atoms with Gasteiger partial charge in [0, 0.05) is 31.4 Å². The van der Waals surface area contributed by atoms with Gasteiger partial charge in [-0.05, 0) is 32.6 Å². The van der Waals surface area contributed by atoms with Crippen molar-refractivity contribution in [3.8, 4) is 0 Å². The lowest BCUT2D eigenvalue weighted by molar-refractivity contribution is 0.0908. The molecule has 7 nitrogen and oxygen atoms in total. The van der Waals surface area contributed by atoms with Gasteiger partial charge in [-0.1, -0.05) is 18.5 Å². The molecule has 2 aromatic heterocycles. The molecule has 26 heavy (non-hydrogen) atoms. The molecule has 2 aromatic rings. The highest BCUT2D eigenvalue weighted by atomic mass is 35.5. The Labute approximate surface area is 158 Å². The number of anilines is 1. The monoisotopic (exact) mass is 376 g/mol. The number of amides is 1. The maximum absolute atomic E-state index is 12.6. The first-order chi connectivity index (χ1) is 12.5. The van der Waals surface area contributed by atoms with Gasteiger partial charge in [-0.15, -0.1) is 0 Å². The number of hydrogen-bond acceptors (Lipinski definition) is 5. The Bertz CT molecular complexity index is 762. The van der Waals surface area contributed by atoms with Crippen LogP contribution in [0.4, 0.5) is 5.82 Å². The molecule has 140 valence electrons. The summed E-state index contributed by atoms with van der Waals surface area (Å²) in [4.78, 5) is 27.2. The number of piperidine rings is 1. The maximum atomic E-state index is 12.6. The van der Waals surface area contributed by atoms with Crippen molar-refractivity contribution in [3.63, 3.8) is 0 Å². The Morgan fingerprint density at radius 1 is 1.42 bits per heavy atom. The van der Waals surface area contributed by atoms with E-state index in [4.69, 9.17) is 11.6 Å². The highest BCUT2D eigenvalue weighted by molar-refractivity contribution is 6.32. The number of aromatic nitrogens is 4. The number of halogens is 1. The molecule has 0 spiro atoms. The van der Waals surface area contributed by atoms with E-state index in [1.807, 2.05) is 4.57 Å². The van der Waals surface area contributed by atoms with E-state index in [0.717, 1.165) is 31.7 Å². The molecule has 0 bridgehead atoms. The van der Waals surface area contributed by atoms with Crippen molar-refractivity contribution in [2.24, 2.45) is 5.92 Å². The topological polar surface area (TPSA) is 75.9 Å². The van der Waals surface area contributed by atoms with Gasteiger partial charge in [0.1, 0.15) is 17.0 Å². The summed E-state index contributed by atoms with van der Waals surface area (Å²) in [5, 5.41) is 3.73. The second kappa shape index (κ2) is 8.03. The van der Waals surface area contributed by atoms with Crippen LogP contribution in [0.3, 0.4) is 0 Å². The highest BCUT2D eigenvalue weighted by Crippen LogP contribution is 2.28. The molecule has 1 aliphatic heterocycles. The van der Waals surface area contributed by atoms with Gasteiger partial charge in [0.25, 0.3) is 5.91 Å². The van der Waals surface area contributed by atoms with Crippen LogP contribution >= 0.6 is 11.6 Å². The van der Waals surface area contributed by atoms with Gasteiger partial charge in [0.15, 0.2) is 5.82 Å². The summed E-state index contributed by atoms with van der Waals surface area (Å²) in [7, 11) is 0. The lowest BCUT2D eigenvalue weighted by Crippen LogP contribution is -2.51. The zero-order valence-electron chi connectivity index (χ0n) is 15.4. The molecule has 0 saturated carbocycles. The lowest BCUT2D eigenvalue weighted by atomic mass is 9.89. The number of hydrogen-bond donors (Lipinski definition) is 1. The first-order valence-corrected chi connectivity index (χ1v) is 9.42. The predicted molar refractivity (Wildman–Crippen MR) is 102 cm³/mol. The number of imidazole rings is 1. The minimum absolute atomic E-state index is 0.110. The molecule has 0 radical (unpaired) electrons. The molecule has 2 atom stereocenters. The summed E-state index contributed by atoms with van der Waals surface area (Å²) < 4.78 is 1.94. The van der Waals surface area contributed by atoms with Crippen LogP contribution in [0.25, 0.3) is 0 Å². The lowest BCUT2D eigenvalue weighted by Gasteiger charge is -2.39. The Morgan fingerprint density at radius 2 is 2.23 bits per heavy atom. The van der Waals surface area contributed by atoms with Crippen LogP contribution in [0, 0.1) is 5.92 Å². The minimum atomic E-state index is -0.110. The third-order valence-electron chi connectivity index (χ3n) is 4.95. The van der Waals surface area contributed by atoms with E-state index in [1.54, 1.807) is 18.7 Å². The molecule has 0 aromatic carbocycles. The normalized spacial score (nSPS) is 20.4. The first kappa shape index (κ1) is 18.6. The van der Waals surface area contributed by atoms with E-state index >= 15 is 0 Å². The van der Waals surface area contributed by atoms with Crippen molar-refractivity contribution in [3.05, 3.63) is 35.8 Å². The minimum Gasteiger partial charge on any atom is -0.355 e. The standard InChI is InChI=1S/C18H25ClN6O/c1-4-13-8-24(17-14(19)7-20-10-21-17)6-5-15(13)23-18(26)16-9-25(11-22-16)12(2)3/h7,9-13,15H,4-6,8H2,1-3H3,(H,23,26). The number of carbonyl (C=O) groups is 1. The number of nitrogens with one attached hydrogen (secondary N) is 1. The van der Waals surface area contributed by atoms with Crippen LogP contribution in [-0.2, 0) is 0 Å². The van der Waals surface area contributed by atoms with Crippen LogP contribution in [0.5, 0.6) is 0 Å². The Kier molecular flexibility index (Phi) is 5.76. The van der Waals surface area contributed by atoms with Crippen molar-refractivity contribution in [1.82, 2.24) is 24.8 Å². The van der Waals surface area contributed by atoms with Crippen molar-refractivity contribution in [2.75, 3.05) is 18.0 Å². The predicted octanol–water partition coefficient (Wildman–Crippen LogP) is 2.94. The van der Waals surface area contributed by atoms with Crippen LogP contribution in [-0.4, -0.2) is 44.6 Å². The quantitative estimate of drug-likeness (QED) is 0.868. The van der Waals surface area contributed by atoms with E-state index in [1.165, 1.54) is 6.33 Å². The van der Waals surface area contributed by atoms with Crippen LogP contribution < -0.4 is 10.2 Å². The molecule has 1 amide bonds. The zero-order chi connectivity index (χ0) is 18.7. The van der Waals surface area contributed by atoms with Crippen molar-refractivity contribution in [1.29, 1.82) is 0 Å². The van der Waals surface area contributed by atoms with Crippen molar-refractivity contribution in [2.45, 2.75) is 45.7 Å². The van der Waals surface area contributed by atoms with Crippen LogP contribution in [0.15, 0.2) is 25.0 Å². The van der Waals surface area contributed by atoms with E-state index in [2.05, 4.69) is 45.9 Å². The molecule has 2 unspecified atom stereocenters. The molecule has 3 heterocycles. The summed E-state index contributed by atoms with van der Waals surface area (Å²) in [6.45, 7) is 7.86. The van der Waals surface area contributed by atoms with Gasteiger partial charge in [-0.25, -0.2) is 15.0 Å². The second-order valence-corrected chi connectivity index (χ2v) is 7.38. The number of nitrogens with zero attached hydrogens (tertiary/aromatic N) is 5. The molecule has 1 aliphatic rings. The van der Waals surface area contributed by atoms with Crippen molar-refractivity contribution < 1.29 is 4.79 Å². The molecule has 1 fully saturated rings. The van der Waals surface area contributed by atoms with Gasteiger partial charge in [-0.2, -0.15) is 0 Å². The van der Waals surface area contributed by atoms with Crippen LogP contribution in [0.2, 0.25) is 5.02 Å². The fourth-order valence-corrected chi connectivity index (χ4v) is 3.57. The molecule has 3 rings (SSSR count). The fraction of sp³-hybridized carbons (Fsp3) is 0.556. The molecular weight excluding hydrogens is 352 g/mol. The van der Waals surface area contributed by atoms with Gasteiger partial charge in [0.2, 0.25) is 0 Å². The average molecular weight is 377 g/mol. The van der Waals surface area contributed by atoms with E-state index < -0.39 is 0 Å². The summed E-state index contributed by atoms with van der Waals surface area (Å²) in [5.41, 5.74) is 0.467. The van der Waals surface area contributed by atoms with Gasteiger partial charge in [0.05, 0.1) is 12.5 Å². The molecule has 0 aliphatic carbocycles. The number of rotatable bonds is 5. The Hall–Kier alpha value is -2.15. The third-order valence-corrected chi connectivity index (χ3v) is 5.22. The van der Waals surface area contributed by atoms with E-state index in [9.17, 15) is 4.79 Å². The fourth-order valence-electron chi connectivity index (χ4n) is 3.35. The van der Waals surface area contributed by atoms with Gasteiger partial charge < -0.3 is 14.8 Å². The average Bonchev–Trinajstić information content (AvgIpc) is 3.13. The summed E-state index contributed by atoms with van der Waals surface area (Å²) in [5.74, 6) is 0.979. The zero-order valence-corrected chi connectivity index (χ0v) is 16.1. The van der Waals surface area contributed by atoms with Crippen LogP contribution in [0.1, 0.15) is 50.1 Å². The summed E-state index contributed by atoms with van der Waals surface area (Å²) in [6, 6.07) is 0.404. The smallest absolute Gasteiger partial charge is 0.271 e. The van der Waals surface area contributed by atoms with E-state index in [-0.39, 0.29) is 18.0 Å². The second-order valence-electron chi connectivity index (χ2n) is 6.98.